The molecule has 0 aromatic heterocycles. The number of anilines is 1. The third-order valence-corrected chi connectivity index (χ3v) is 4.07. The number of benzene rings is 2. The topological polar surface area (TPSA) is 64.6 Å². The Morgan fingerprint density at radius 2 is 1.65 bits per heavy atom. The second kappa shape index (κ2) is 8.52. The van der Waals surface area contributed by atoms with Crippen LogP contribution in [0.2, 0.25) is 0 Å². The van der Waals surface area contributed by atoms with Crippen LogP contribution < -0.4 is 10.1 Å². The van der Waals surface area contributed by atoms with Gasteiger partial charge in [0, 0.05) is 5.69 Å². The van der Waals surface area contributed by atoms with E-state index in [4.69, 9.17) is 9.47 Å². The minimum atomic E-state index is -0.913. The number of carbonyl (C=O) groups is 2. The Labute approximate surface area is 154 Å². The maximum atomic E-state index is 12.3. The molecule has 0 saturated heterocycles. The molecule has 0 bridgehead atoms. The largest absolute Gasteiger partial charge is 0.481 e. The van der Waals surface area contributed by atoms with Crippen LogP contribution in [0.3, 0.4) is 0 Å². The van der Waals surface area contributed by atoms with Crippen molar-refractivity contribution in [1.29, 1.82) is 0 Å². The molecule has 1 unspecified atom stereocenters. The number of nitrogens with one attached hydrogen (secondary N) is 1. The van der Waals surface area contributed by atoms with Gasteiger partial charge in [-0.05, 0) is 62.9 Å². The summed E-state index contributed by atoms with van der Waals surface area (Å²) in [7, 11) is 0. The Morgan fingerprint density at radius 3 is 2.31 bits per heavy atom. The summed E-state index contributed by atoms with van der Waals surface area (Å²) in [5, 5.41) is 2.79. The van der Waals surface area contributed by atoms with E-state index >= 15 is 0 Å². The highest BCUT2D eigenvalue weighted by atomic mass is 16.6. The zero-order valence-electron chi connectivity index (χ0n) is 15.9. The predicted molar refractivity (Wildman–Crippen MR) is 102 cm³/mol. The second-order valence-corrected chi connectivity index (χ2v) is 6.45. The molecular weight excluding hydrogens is 330 g/mol. The van der Waals surface area contributed by atoms with E-state index < -0.39 is 12.1 Å². The van der Waals surface area contributed by atoms with Crippen LogP contribution >= 0.6 is 0 Å². The zero-order valence-corrected chi connectivity index (χ0v) is 15.9. The van der Waals surface area contributed by atoms with Crippen molar-refractivity contribution in [2.45, 2.75) is 40.7 Å². The quantitative estimate of drug-likeness (QED) is 0.799. The van der Waals surface area contributed by atoms with Gasteiger partial charge in [0.25, 0.3) is 5.91 Å². The molecule has 0 fully saturated rings. The molecule has 26 heavy (non-hydrogen) atoms. The molecule has 0 radical (unpaired) electrons. The molecule has 0 saturated carbocycles. The van der Waals surface area contributed by atoms with Gasteiger partial charge in [-0.1, -0.05) is 30.3 Å². The summed E-state index contributed by atoms with van der Waals surface area (Å²) in [6.07, 6.45) is -0.913. The number of amides is 1. The molecule has 0 aliphatic carbocycles. The summed E-state index contributed by atoms with van der Waals surface area (Å²) in [5.74, 6) is -0.299. The van der Waals surface area contributed by atoms with E-state index in [1.165, 1.54) is 6.92 Å². The van der Waals surface area contributed by atoms with Gasteiger partial charge in [0.2, 0.25) is 0 Å². The van der Waals surface area contributed by atoms with Crippen LogP contribution in [0, 0.1) is 27.7 Å². The first-order valence-electron chi connectivity index (χ1n) is 8.54. The molecule has 138 valence electrons. The number of rotatable bonds is 6. The van der Waals surface area contributed by atoms with Crippen LogP contribution in [-0.2, 0) is 14.3 Å². The fourth-order valence-corrected chi connectivity index (χ4v) is 2.55. The van der Waals surface area contributed by atoms with E-state index in [-0.39, 0.29) is 12.5 Å². The zero-order chi connectivity index (χ0) is 19.3. The van der Waals surface area contributed by atoms with E-state index in [0.717, 1.165) is 22.3 Å². The molecular formula is C21H25NO4. The summed E-state index contributed by atoms with van der Waals surface area (Å²) in [6, 6.07) is 11.5. The molecule has 1 N–H and O–H groups in total. The van der Waals surface area contributed by atoms with Gasteiger partial charge in [-0.2, -0.15) is 0 Å². The Balaban J connectivity index is 1.90. The minimum Gasteiger partial charge on any atom is -0.481 e. The maximum absolute atomic E-state index is 12.3. The van der Waals surface area contributed by atoms with E-state index in [1.807, 2.05) is 64.1 Å². The van der Waals surface area contributed by atoms with Crippen molar-refractivity contribution < 1.29 is 19.1 Å². The van der Waals surface area contributed by atoms with Gasteiger partial charge in [-0.3, -0.25) is 4.79 Å². The second-order valence-electron chi connectivity index (χ2n) is 6.45. The van der Waals surface area contributed by atoms with Crippen molar-refractivity contribution in [1.82, 2.24) is 0 Å². The van der Waals surface area contributed by atoms with Gasteiger partial charge in [-0.15, -0.1) is 0 Å². The van der Waals surface area contributed by atoms with E-state index in [9.17, 15) is 9.59 Å². The Kier molecular flexibility index (Phi) is 6.39. The van der Waals surface area contributed by atoms with E-state index in [2.05, 4.69) is 5.32 Å². The van der Waals surface area contributed by atoms with Crippen LogP contribution in [0.5, 0.6) is 5.75 Å². The van der Waals surface area contributed by atoms with Crippen molar-refractivity contribution >= 4 is 17.6 Å². The lowest BCUT2D eigenvalue weighted by atomic mass is 10.1. The smallest absolute Gasteiger partial charge is 0.344 e. The normalized spacial score (nSPS) is 11.6. The van der Waals surface area contributed by atoms with Crippen LogP contribution in [0.25, 0.3) is 0 Å². The van der Waals surface area contributed by atoms with Gasteiger partial charge in [0.15, 0.2) is 12.7 Å². The first kappa shape index (κ1) is 19.5. The minimum absolute atomic E-state index is 0.243. The first-order chi connectivity index (χ1) is 12.3. The Morgan fingerprint density at radius 1 is 1.00 bits per heavy atom. The third-order valence-electron chi connectivity index (χ3n) is 4.07. The molecule has 0 heterocycles. The predicted octanol–water partition coefficient (Wildman–Crippen LogP) is 3.87. The van der Waals surface area contributed by atoms with Crippen LogP contribution in [0.4, 0.5) is 5.69 Å². The number of aryl methyl sites for hydroxylation is 4. The Hall–Kier alpha value is -2.82. The highest BCUT2D eigenvalue weighted by molar-refractivity contribution is 5.95. The summed E-state index contributed by atoms with van der Waals surface area (Å²) in [5.41, 5.74) is 4.58. The SMILES string of the molecule is Cc1ccc(C)c(NC(=O)C(C)OC(=O)COc2c(C)cccc2C)c1. The highest BCUT2D eigenvalue weighted by Gasteiger charge is 2.19. The fraction of sp³-hybridized carbons (Fsp3) is 0.333. The summed E-state index contributed by atoms with van der Waals surface area (Å²) < 4.78 is 10.7. The van der Waals surface area contributed by atoms with Gasteiger partial charge in [-0.25, -0.2) is 4.79 Å². The molecule has 1 atom stereocenters. The molecule has 0 spiro atoms. The number of esters is 1. The van der Waals surface area contributed by atoms with Crippen molar-refractivity contribution in [3.63, 3.8) is 0 Å². The van der Waals surface area contributed by atoms with Gasteiger partial charge in [0.05, 0.1) is 0 Å². The van der Waals surface area contributed by atoms with Crippen LogP contribution in [0.15, 0.2) is 36.4 Å². The van der Waals surface area contributed by atoms with Gasteiger partial charge in [0.1, 0.15) is 5.75 Å². The summed E-state index contributed by atoms with van der Waals surface area (Å²) in [4.78, 5) is 24.3. The monoisotopic (exact) mass is 355 g/mol. The Bertz CT molecular complexity index is 793. The number of hydrogen-bond donors (Lipinski definition) is 1. The lowest BCUT2D eigenvalue weighted by molar-refractivity contribution is -0.155. The molecule has 5 nitrogen and oxygen atoms in total. The van der Waals surface area contributed by atoms with Crippen LogP contribution in [0.1, 0.15) is 29.2 Å². The lowest BCUT2D eigenvalue weighted by Crippen LogP contribution is -2.32. The molecule has 0 aliphatic heterocycles. The number of carbonyl (C=O) groups excluding carboxylic acids is 2. The maximum Gasteiger partial charge on any atom is 0.344 e. The van der Waals surface area contributed by atoms with E-state index in [0.29, 0.717) is 11.4 Å². The third kappa shape index (κ3) is 5.09. The number of hydrogen-bond acceptors (Lipinski definition) is 4. The fourth-order valence-electron chi connectivity index (χ4n) is 2.55. The highest BCUT2D eigenvalue weighted by Crippen LogP contribution is 2.22. The molecule has 0 aliphatic rings. The van der Waals surface area contributed by atoms with Gasteiger partial charge < -0.3 is 14.8 Å². The summed E-state index contributed by atoms with van der Waals surface area (Å²) in [6.45, 7) is 8.97. The molecule has 2 rings (SSSR count). The van der Waals surface area contributed by atoms with Crippen LogP contribution in [-0.4, -0.2) is 24.6 Å². The van der Waals surface area contributed by atoms with Crippen molar-refractivity contribution in [2.75, 3.05) is 11.9 Å². The summed E-state index contributed by atoms with van der Waals surface area (Å²) >= 11 is 0. The standard InChI is InChI=1S/C21H25NO4/c1-13-9-10-14(2)18(11-13)22-21(24)17(5)26-19(23)12-25-20-15(3)7-6-8-16(20)4/h6-11,17H,12H2,1-5H3,(H,22,24). The average molecular weight is 355 g/mol. The van der Waals surface area contributed by atoms with Crippen molar-refractivity contribution in [3.8, 4) is 5.75 Å². The molecule has 1 amide bonds. The molecule has 5 heteroatoms. The van der Waals surface area contributed by atoms with E-state index in [1.54, 1.807) is 0 Å². The first-order valence-corrected chi connectivity index (χ1v) is 8.54. The van der Waals surface area contributed by atoms with Crippen molar-refractivity contribution in [3.05, 3.63) is 58.7 Å². The number of para-hydroxylation sites is 1. The number of ether oxygens (including phenoxy) is 2. The van der Waals surface area contributed by atoms with Gasteiger partial charge >= 0.3 is 5.97 Å². The molecule has 2 aromatic rings. The van der Waals surface area contributed by atoms with Crippen molar-refractivity contribution in [2.24, 2.45) is 0 Å². The lowest BCUT2D eigenvalue weighted by Gasteiger charge is -2.16. The molecule has 2 aromatic carbocycles. The average Bonchev–Trinajstić information content (AvgIpc) is 2.57.